The fourth-order valence-corrected chi connectivity index (χ4v) is 0.656. The molecule has 58 valence electrons. The Balaban J connectivity index is 3.59. The van der Waals surface area contributed by atoms with Crippen LogP contribution in [-0.4, -0.2) is 30.3 Å². The number of nitrogens with zero attached hydrogens (tertiary/aromatic N) is 1. The number of amides is 2. The van der Waals surface area contributed by atoms with Gasteiger partial charge >= 0.3 is 0 Å². The Morgan fingerprint density at radius 2 is 2.30 bits per heavy atom. The molecule has 0 unspecified atom stereocenters. The van der Waals surface area contributed by atoms with Crippen molar-refractivity contribution in [2.75, 3.05) is 13.1 Å². The predicted octanol–water partition coefficient (Wildman–Crippen LogP) is -0.660. The second kappa shape index (κ2) is 4.78. The molecule has 2 N–H and O–H groups in total. The summed E-state index contributed by atoms with van der Waals surface area (Å²) in [6.07, 6.45) is 1.47. The van der Waals surface area contributed by atoms with Crippen LogP contribution in [0.4, 0.5) is 0 Å². The molecule has 0 rings (SSSR count). The Hall–Kier alpha value is -1.06. The van der Waals surface area contributed by atoms with Crippen LogP contribution < -0.4 is 5.73 Å². The first kappa shape index (κ1) is 8.94. The normalized spacial score (nSPS) is 8.90. The molecule has 4 heteroatoms. The van der Waals surface area contributed by atoms with Crippen molar-refractivity contribution >= 4 is 12.3 Å². The van der Waals surface area contributed by atoms with Crippen molar-refractivity contribution in [3.63, 3.8) is 0 Å². The molecule has 0 aromatic carbocycles. The van der Waals surface area contributed by atoms with E-state index in [0.29, 0.717) is 13.0 Å². The van der Waals surface area contributed by atoms with Gasteiger partial charge in [0, 0.05) is 6.54 Å². The van der Waals surface area contributed by atoms with Gasteiger partial charge in [-0.2, -0.15) is 0 Å². The number of primary amides is 1. The minimum Gasteiger partial charge on any atom is -0.368 e. The zero-order valence-electron chi connectivity index (χ0n) is 6.04. The van der Waals surface area contributed by atoms with Crippen molar-refractivity contribution in [2.24, 2.45) is 5.73 Å². The molecule has 0 fully saturated rings. The van der Waals surface area contributed by atoms with Gasteiger partial charge in [0.2, 0.25) is 12.3 Å². The number of nitrogens with two attached hydrogens (primary N) is 1. The van der Waals surface area contributed by atoms with Crippen molar-refractivity contribution in [2.45, 2.75) is 13.3 Å². The highest BCUT2D eigenvalue weighted by Gasteiger charge is 2.01. The molecule has 0 saturated carbocycles. The first-order valence-electron chi connectivity index (χ1n) is 3.18. The lowest BCUT2D eigenvalue weighted by molar-refractivity contribution is -0.126. The van der Waals surface area contributed by atoms with Gasteiger partial charge < -0.3 is 10.6 Å². The standard InChI is InChI=1S/C6H12N2O2/c1-2-3-8(5-9)4-6(7)10/h5H,2-4H2,1H3,(H2,7,10). The number of carbonyl (C=O) groups is 2. The summed E-state index contributed by atoms with van der Waals surface area (Å²) in [5.41, 5.74) is 4.86. The SMILES string of the molecule is CCCN(C=O)CC(N)=O. The van der Waals surface area contributed by atoms with Gasteiger partial charge in [-0.3, -0.25) is 9.59 Å². The third-order valence-corrected chi connectivity index (χ3v) is 1.02. The molecule has 0 aliphatic carbocycles. The minimum atomic E-state index is -0.472. The highest BCUT2D eigenvalue weighted by molar-refractivity contribution is 5.77. The van der Waals surface area contributed by atoms with Gasteiger partial charge in [0.1, 0.15) is 0 Å². The molecule has 0 saturated heterocycles. The summed E-state index contributed by atoms with van der Waals surface area (Å²) in [5, 5.41) is 0. The first-order valence-corrected chi connectivity index (χ1v) is 3.18. The second-order valence-electron chi connectivity index (χ2n) is 2.04. The fraction of sp³-hybridized carbons (Fsp3) is 0.667. The van der Waals surface area contributed by atoms with Crippen LogP contribution in [0, 0.1) is 0 Å². The van der Waals surface area contributed by atoms with E-state index in [9.17, 15) is 9.59 Å². The van der Waals surface area contributed by atoms with Crippen LogP contribution in [0.5, 0.6) is 0 Å². The van der Waals surface area contributed by atoms with E-state index < -0.39 is 5.91 Å². The van der Waals surface area contributed by atoms with Crippen LogP contribution in [0.3, 0.4) is 0 Å². The molecular formula is C6H12N2O2. The first-order chi connectivity index (χ1) is 4.70. The Bertz CT molecular complexity index is 125. The smallest absolute Gasteiger partial charge is 0.237 e. The van der Waals surface area contributed by atoms with Crippen LogP contribution in [0.25, 0.3) is 0 Å². The maximum absolute atomic E-state index is 10.3. The average molecular weight is 144 g/mol. The highest BCUT2D eigenvalue weighted by atomic mass is 16.2. The van der Waals surface area contributed by atoms with E-state index in [4.69, 9.17) is 5.73 Å². The van der Waals surface area contributed by atoms with E-state index >= 15 is 0 Å². The topological polar surface area (TPSA) is 63.4 Å². The molecule has 0 spiro atoms. The molecule has 2 amide bonds. The summed E-state index contributed by atoms with van der Waals surface area (Å²) in [7, 11) is 0. The third kappa shape index (κ3) is 3.88. The number of carbonyl (C=O) groups excluding carboxylic acids is 2. The maximum Gasteiger partial charge on any atom is 0.237 e. The molecule has 0 aliphatic heterocycles. The van der Waals surface area contributed by atoms with E-state index in [1.165, 1.54) is 4.90 Å². The van der Waals surface area contributed by atoms with E-state index in [1.54, 1.807) is 0 Å². The summed E-state index contributed by atoms with van der Waals surface area (Å²) in [5.74, 6) is -0.472. The quantitative estimate of drug-likeness (QED) is 0.520. The zero-order valence-corrected chi connectivity index (χ0v) is 6.04. The molecule has 0 aliphatic rings. The summed E-state index contributed by atoms with van der Waals surface area (Å²) in [6.45, 7) is 2.54. The summed E-state index contributed by atoms with van der Waals surface area (Å²) in [4.78, 5) is 21.8. The lowest BCUT2D eigenvalue weighted by Gasteiger charge is -2.12. The lowest BCUT2D eigenvalue weighted by Crippen LogP contribution is -2.33. The molecule has 0 heterocycles. The molecule has 0 atom stereocenters. The Morgan fingerprint density at radius 3 is 2.60 bits per heavy atom. The third-order valence-electron chi connectivity index (χ3n) is 1.02. The highest BCUT2D eigenvalue weighted by Crippen LogP contribution is 1.84. The van der Waals surface area contributed by atoms with Crippen molar-refractivity contribution in [1.29, 1.82) is 0 Å². The summed E-state index contributed by atoms with van der Waals surface area (Å²) in [6, 6.07) is 0. The van der Waals surface area contributed by atoms with E-state index in [0.717, 1.165) is 6.42 Å². The van der Waals surface area contributed by atoms with Crippen molar-refractivity contribution in [3.8, 4) is 0 Å². The molecule has 10 heavy (non-hydrogen) atoms. The fourth-order valence-electron chi connectivity index (χ4n) is 0.656. The van der Waals surface area contributed by atoms with Gasteiger partial charge in [-0.25, -0.2) is 0 Å². The van der Waals surface area contributed by atoms with Gasteiger partial charge in [0.25, 0.3) is 0 Å². The summed E-state index contributed by atoms with van der Waals surface area (Å²) < 4.78 is 0. The molecule has 0 bridgehead atoms. The molecule has 0 aromatic rings. The Labute approximate surface area is 60.0 Å². The maximum atomic E-state index is 10.3. The van der Waals surface area contributed by atoms with Crippen LogP contribution in [-0.2, 0) is 9.59 Å². The van der Waals surface area contributed by atoms with Crippen LogP contribution in [0.15, 0.2) is 0 Å². The Kier molecular flexibility index (Phi) is 4.28. The van der Waals surface area contributed by atoms with E-state index in [-0.39, 0.29) is 6.54 Å². The number of hydrogen-bond donors (Lipinski definition) is 1. The average Bonchev–Trinajstić information content (AvgIpc) is 1.86. The van der Waals surface area contributed by atoms with Crippen molar-refractivity contribution in [1.82, 2.24) is 4.90 Å². The minimum absolute atomic E-state index is 0.0251. The van der Waals surface area contributed by atoms with Crippen LogP contribution in [0.1, 0.15) is 13.3 Å². The molecular weight excluding hydrogens is 132 g/mol. The second-order valence-corrected chi connectivity index (χ2v) is 2.04. The van der Waals surface area contributed by atoms with E-state index in [2.05, 4.69) is 0 Å². The monoisotopic (exact) mass is 144 g/mol. The zero-order chi connectivity index (χ0) is 7.98. The summed E-state index contributed by atoms with van der Waals surface area (Å²) >= 11 is 0. The van der Waals surface area contributed by atoms with Crippen molar-refractivity contribution < 1.29 is 9.59 Å². The Morgan fingerprint density at radius 1 is 1.70 bits per heavy atom. The van der Waals surface area contributed by atoms with Crippen LogP contribution in [0.2, 0.25) is 0 Å². The van der Waals surface area contributed by atoms with Crippen molar-refractivity contribution in [3.05, 3.63) is 0 Å². The molecule has 4 nitrogen and oxygen atoms in total. The van der Waals surface area contributed by atoms with Gasteiger partial charge in [-0.1, -0.05) is 6.92 Å². The molecule has 0 aromatic heterocycles. The predicted molar refractivity (Wildman–Crippen MR) is 37.1 cm³/mol. The van der Waals surface area contributed by atoms with Gasteiger partial charge in [-0.05, 0) is 6.42 Å². The van der Waals surface area contributed by atoms with Crippen LogP contribution >= 0.6 is 0 Å². The lowest BCUT2D eigenvalue weighted by atomic mass is 10.4. The molecule has 0 radical (unpaired) electrons. The number of rotatable bonds is 5. The number of hydrogen-bond acceptors (Lipinski definition) is 2. The van der Waals surface area contributed by atoms with Gasteiger partial charge in [0.15, 0.2) is 0 Å². The van der Waals surface area contributed by atoms with E-state index in [1.807, 2.05) is 6.92 Å². The van der Waals surface area contributed by atoms with Gasteiger partial charge in [0.05, 0.1) is 6.54 Å². The largest absolute Gasteiger partial charge is 0.368 e. The van der Waals surface area contributed by atoms with Gasteiger partial charge in [-0.15, -0.1) is 0 Å².